The molecule has 0 spiro atoms. The van der Waals surface area contributed by atoms with Crippen LogP contribution in [0.3, 0.4) is 0 Å². The topological polar surface area (TPSA) is 64.6 Å². The summed E-state index contributed by atoms with van der Waals surface area (Å²) in [5.74, 6) is 0.0657. The molecule has 1 aliphatic carbocycles. The van der Waals surface area contributed by atoms with Crippen LogP contribution >= 0.6 is 11.3 Å². The molecule has 1 heterocycles. The van der Waals surface area contributed by atoms with Gasteiger partial charge in [0.05, 0.1) is 12.2 Å². The van der Waals surface area contributed by atoms with E-state index in [1.54, 1.807) is 6.92 Å². The first kappa shape index (κ1) is 21.4. The minimum atomic E-state index is -0.667. The number of ether oxygens (including phenoxy) is 2. The number of nitrogens with one attached hydrogen (secondary N) is 1. The fourth-order valence-corrected chi connectivity index (χ4v) is 5.32. The van der Waals surface area contributed by atoms with Crippen molar-refractivity contribution >= 4 is 39.0 Å². The van der Waals surface area contributed by atoms with E-state index < -0.39 is 6.10 Å². The van der Waals surface area contributed by atoms with Crippen molar-refractivity contribution in [1.82, 2.24) is 0 Å². The molecule has 5 nitrogen and oxygen atoms in total. The van der Waals surface area contributed by atoms with Gasteiger partial charge in [0.1, 0.15) is 10.8 Å². The Morgan fingerprint density at radius 1 is 1.06 bits per heavy atom. The van der Waals surface area contributed by atoms with E-state index in [0.29, 0.717) is 29.3 Å². The van der Waals surface area contributed by atoms with Crippen molar-refractivity contribution in [2.75, 3.05) is 11.9 Å². The van der Waals surface area contributed by atoms with Crippen LogP contribution in [0.15, 0.2) is 42.5 Å². The molecule has 1 aliphatic rings. The van der Waals surface area contributed by atoms with Gasteiger partial charge in [0.25, 0.3) is 5.91 Å². The summed E-state index contributed by atoms with van der Waals surface area (Å²) in [6.45, 7) is 4.01. The van der Waals surface area contributed by atoms with E-state index in [-0.39, 0.29) is 11.9 Å². The SMILES string of the molecule is CCOC(=O)c1c(NC(=O)C(CC)Oc2cccc3ccccc23)sc2c1CCCC2. The van der Waals surface area contributed by atoms with Gasteiger partial charge < -0.3 is 14.8 Å². The zero-order chi connectivity index (χ0) is 21.8. The van der Waals surface area contributed by atoms with Gasteiger partial charge in [0.2, 0.25) is 0 Å². The lowest BCUT2D eigenvalue weighted by Gasteiger charge is -2.18. The van der Waals surface area contributed by atoms with Gasteiger partial charge in [-0.25, -0.2) is 4.79 Å². The molecule has 162 valence electrons. The molecule has 0 bridgehead atoms. The van der Waals surface area contributed by atoms with Crippen molar-refractivity contribution in [2.45, 2.75) is 52.1 Å². The van der Waals surface area contributed by atoms with Gasteiger partial charge in [-0.15, -0.1) is 11.3 Å². The number of amides is 1. The number of carbonyl (C=O) groups is 2. The number of esters is 1. The van der Waals surface area contributed by atoms with Gasteiger partial charge in [-0.05, 0) is 56.0 Å². The number of thiophene rings is 1. The Hall–Kier alpha value is -2.86. The number of aryl methyl sites for hydroxylation is 1. The van der Waals surface area contributed by atoms with Gasteiger partial charge >= 0.3 is 5.97 Å². The fraction of sp³-hybridized carbons (Fsp3) is 0.360. The molecule has 1 unspecified atom stereocenters. The first-order valence-electron chi connectivity index (χ1n) is 10.9. The third-order valence-corrected chi connectivity index (χ3v) is 6.78. The molecule has 0 aliphatic heterocycles. The summed E-state index contributed by atoms with van der Waals surface area (Å²) in [5, 5.41) is 5.59. The van der Waals surface area contributed by atoms with E-state index in [1.807, 2.05) is 49.4 Å². The molecule has 1 aromatic heterocycles. The Bertz CT molecular complexity index is 1100. The van der Waals surface area contributed by atoms with E-state index in [1.165, 1.54) is 16.2 Å². The second-order valence-electron chi connectivity index (χ2n) is 7.62. The Kier molecular flexibility index (Phi) is 6.56. The number of carbonyl (C=O) groups excluding carboxylic acids is 2. The predicted octanol–water partition coefficient (Wildman–Crippen LogP) is 5.75. The second-order valence-corrected chi connectivity index (χ2v) is 8.72. The highest BCUT2D eigenvalue weighted by Crippen LogP contribution is 2.39. The minimum absolute atomic E-state index is 0.250. The molecule has 0 saturated heterocycles. The number of hydrogen-bond donors (Lipinski definition) is 1. The smallest absolute Gasteiger partial charge is 0.341 e. The Balaban J connectivity index is 1.59. The molecule has 1 atom stereocenters. The molecule has 31 heavy (non-hydrogen) atoms. The molecule has 2 aromatic carbocycles. The summed E-state index contributed by atoms with van der Waals surface area (Å²) < 4.78 is 11.4. The molecule has 1 amide bonds. The lowest BCUT2D eigenvalue weighted by molar-refractivity contribution is -0.122. The van der Waals surface area contributed by atoms with Crippen LogP contribution in [0.2, 0.25) is 0 Å². The first-order valence-corrected chi connectivity index (χ1v) is 11.7. The van der Waals surface area contributed by atoms with Crippen molar-refractivity contribution in [3.63, 3.8) is 0 Å². The minimum Gasteiger partial charge on any atom is -0.480 e. The lowest BCUT2D eigenvalue weighted by Crippen LogP contribution is -2.32. The molecule has 0 fully saturated rings. The van der Waals surface area contributed by atoms with Gasteiger partial charge in [-0.2, -0.15) is 0 Å². The quantitative estimate of drug-likeness (QED) is 0.478. The van der Waals surface area contributed by atoms with Crippen LogP contribution in [0.5, 0.6) is 5.75 Å². The van der Waals surface area contributed by atoms with Crippen LogP contribution in [-0.2, 0) is 22.4 Å². The van der Waals surface area contributed by atoms with Gasteiger partial charge in [-0.1, -0.05) is 43.3 Å². The van der Waals surface area contributed by atoms with Crippen LogP contribution in [0.1, 0.15) is 53.9 Å². The Morgan fingerprint density at radius 2 is 1.84 bits per heavy atom. The average Bonchev–Trinajstić information content (AvgIpc) is 3.15. The molecule has 3 aromatic rings. The molecule has 1 N–H and O–H groups in total. The summed E-state index contributed by atoms with van der Waals surface area (Å²) in [6.07, 6.45) is 3.77. The molecule has 0 radical (unpaired) electrons. The first-order chi connectivity index (χ1) is 15.1. The summed E-state index contributed by atoms with van der Waals surface area (Å²) in [7, 11) is 0. The highest BCUT2D eigenvalue weighted by Gasteiger charge is 2.29. The van der Waals surface area contributed by atoms with Crippen LogP contribution in [0.4, 0.5) is 5.00 Å². The van der Waals surface area contributed by atoms with Crippen molar-refractivity contribution in [3.05, 3.63) is 58.5 Å². The summed E-state index contributed by atoms with van der Waals surface area (Å²) >= 11 is 1.49. The maximum atomic E-state index is 13.1. The zero-order valence-electron chi connectivity index (χ0n) is 17.9. The van der Waals surface area contributed by atoms with E-state index in [4.69, 9.17) is 9.47 Å². The number of rotatable bonds is 7. The van der Waals surface area contributed by atoms with Gasteiger partial charge in [-0.3, -0.25) is 4.79 Å². The largest absolute Gasteiger partial charge is 0.480 e. The molecule has 4 rings (SSSR count). The van der Waals surface area contributed by atoms with Crippen molar-refractivity contribution in [3.8, 4) is 5.75 Å². The van der Waals surface area contributed by atoms with Gasteiger partial charge in [0.15, 0.2) is 6.10 Å². The Morgan fingerprint density at radius 3 is 2.65 bits per heavy atom. The lowest BCUT2D eigenvalue weighted by atomic mass is 9.95. The standard InChI is InChI=1S/C25H27NO4S/c1-3-19(30-20-14-9-11-16-10-5-6-12-17(16)20)23(27)26-24-22(25(28)29-4-2)18-13-7-8-15-21(18)31-24/h5-6,9-12,14,19H,3-4,7-8,13,15H2,1-2H3,(H,26,27). The number of benzene rings is 2. The number of fused-ring (bicyclic) bond motifs is 2. The van der Waals surface area contributed by atoms with Gasteiger partial charge in [0, 0.05) is 10.3 Å². The van der Waals surface area contributed by atoms with Crippen molar-refractivity contribution < 1.29 is 19.1 Å². The third kappa shape index (κ3) is 4.44. The highest BCUT2D eigenvalue weighted by molar-refractivity contribution is 7.17. The molecule has 6 heteroatoms. The summed E-state index contributed by atoms with van der Waals surface area (Å²) in [4.78, 5) is 27.0. The van der Waals surface area contributed by atoms with Crippen LogP contribution in [0.25, 0.3) is 10.8 Å². The van der Waals surface area contributed by atoms with Crippen LogP contribution in [0, 0.1) is 0 Å². The normalized spacial score (nSPS) is 14.0. The monoisotopic (exact) mass is 437 g/mol. The molecular formula is C25H27NO4S. The molecule has 0 saturated carbocycles. The number of anilines is 1. The maximum Gasteiger partial charge on any atom is 0.341 e. The van der Waals surface area contributed by atoms with Crippen LogP contribution < -0.4 is 10.1 Å². The highest BCUT2D eigenvalue weighted by atomic mass is 32.1. The van der Waals surface area contributed by atoms with E-state index in [9.17, 15) is 9.59 Å². The average molecular weight is 438 g/mol. The number of hydrogen-bond acceptors (Lipinski definition) is 5. The summed E-state index contributed by atoms with van der Waals surface area (Å²) in [5.41, 5.74) is 1.56. The Labute approximate surface area is 186 Å². The maximum absolute atomic E-state index is 13.1. The van der Waals surface area contributed by atoms with Crippen molar-refractivity contribution in [1.29, 1.82) is 0 Å². The van der Waals surface area contributed by atoms with E-state index >= 15 is 0 Å². The van der Waals surface area contributed by atoms with Crippen LogP contribution in [-0.4, -0.2) is 24.6 Å². The van der Waals surface area contributed by atoms with Crippen molar-refractivity contribution in [2.24, 2.45) is 0 Å². The third-order valence-electron chi connectivity index (χ3n) is 5.57. The predicted molar refractivity (Wildman–Crippen MR) is 124 cm³/mol. The summed E-state index contributed by atoms with van der Waals surface area (Å²) in [6, 6.07) is 13.8. The fourth-order valence-electron chi connectivity index (χ4n) is 4.04. The van der Waals surface area contributed by atoms with E-state index in [2.05, 4.69) is 5.32 Å². The second kappa shape index (κ2) is 9.52. The van der Waals surface area contributed by atoms with E-state index in [0.717, 1.165) is 42.0 Å². The zero-order valence-corrected chi connectivity index (χ0v) is 18.7. The molecular weight excluding hydrogens is 410 g/mol.